The molecule has 0 saturated heterocycles. The number of carbonyl (C=O) groups is 2. The van der Waals surface area contributed by atoms with E-state index in [2.05, 4.69) is 20.6 Å². The molecule has 0 atom stereocenters. The zero-order valence-corrected chi connectivity index (χ0v) is 13.7. The molecule has 0 aliphatic carbocycles. The van der Waals surface area contributed by atoms with Gasteiger partial charge in [0.05, 0.1) is 11.4 Å². The molecule has 2 amide bonds. The van der Waals surface area contributed by atoms with E-state index in [9.17, 15) is 9.59 Å². The molecule has 3 heterocycles. The van der Waals surface area contributed by atoms with E-state index in [1.165, 1.54) is 11.3 Å². The Morgan fingerprint density at radius 2 is 2.16 bits per heavy atom. The van der Waals surface area contributed by atoms with E-state index in [-0.39, 0.29) is 18.4 Å². The van der Waals surface area contributed by atoms with Gasteiger partial charge in [-0.25, -0.2) is 4.98 Å². The third kappa shape index (κ3) is 3.20. The monoisotopic (exact) mass is 352 g/mol. The van der Waals surface area contributed by atoms with Gasteiger partial charge in [-0.3, -0.25) is 19.9 Å². The molecule has 25 heavy (non-hydrogen) atoms. The summed E-state index contributed by atoms with van der Waals surface area (Å²) in [5, 5.41) is 7.77. The summed E-state index contributed by atoms with van der Waals surface area (Å²) in [6.07, 6.45) is 1.69. The number of nitrogens with zero attached hydrogens (tertiary/aromatic N) is 2. The zero-order valence-electron chi connectivity index (χ0n) is 12.9. The number of thiazole rings is 1. The van der Waals surface area contributed by atoms with Crippen molar-refractivity contribution in [3.63, 3.8) is 0 Å². The molecule has 0 unspecified atom stereocenters. The van der Waals surface area contributed by atoms with E-state index in [0.717, 1.165) is 5.69 Å². The Balaban J connectivity index is 1.51. The molecule has 0 spiro atoms. The molecule has 1 aliphatic rings. The number of rotatable bonds is 3. The summed E-state index contributed by atoms with van der Waals surface area (Å²) >= 11 is 1.33. The van der Waals surface area contributed by atoms with Crippen LogP contribution in [-0.4, -0.2) is 28.4 Å². The van der Waals surface area contributed by atoms with Gasteiger partial charge in [0.25, 0.3) is 11.8 Å². The summed E-state index contributed by atoms with van der Waals surface area (Å²) < 4.78 is 5.33. The summed E-state index contributed by atoms with van der Waals surface area (Å²) in [5.41, 5.74) is 2.43. The van der Waals surface area contributed by atoms with Crippen LogP contribution in [0.4, 0.5) is 10.8 Å². The molecular formula is C17H12N4O3S. The van der Waals surface area contributed by atoms with Gasteiger partial charge in [0, 0.05) is 17.1 Å². The predicted octanol–water partition coefficient (Wildman–Crippen LogP) is 2.79. The van der Waals surface area contributed by atoms with Crippen molar-refractivity contribution in [2.75, 3.05) is 17.2 Å². The molecule has 0 fully saturated rings. The van der Waals surface area contributed by atoms with Gasteiger partial charge in [-0.2, -0.15) is 0 Å². The second-order valence-corrected chi connectivity index (χ2v) is 6.11. The highest BCUT2D eigenvalue weighted by molar-refractivity contribution is 7.14. The Morgan fingerprint density at radius 1 is 1.24 bits per heavy atom. The minimum Gasteiger partial charge on any atom is -0.482 e. The SMILES string of the molecule is O=C1COc2cc(C(=O)Nc3nc(-c4ccccn4)cs3)ccc2N1. The van der Waals surface area contributed by atoms with Crippen LogP contribution in [0.5, 0.6) is 5.75 Å². The summed E-state index contributed by atoms with van der Waals surface area (Å²) in [5.74, 6) is -0.0414. The standard InChI is InChI=1S/C17H12N4O3S/c22-15-8-24-14-7-10(4-5-12(14)19-15)16(23)21-17-20-13(9-25-17)11-3-1-2-6-18-11/h1-7,9H,8H2,(H,19,22)(H,20,21,23). The zero-order chi connectivity index (χ0) is 17.2. The maximum Gasteiger partial charge on any atom is 0.262 e. The fourth-order valence-electron chi connectivity index (χ4n) is 2.35. The number of fused-ring (bicyclic) bond motifs is 1. The maximum atomic E-state index is 12.4. The number of carbonyl (C=O) groups excluding carboxylic acids is 2. The Hall–Kier alpha value is -3.26. The van der Waals surface area contributed by atoms with Crippen LogP contribution >= 0.6 is 11.3 Å². The summed E-state index contributed by atoms with van der Waals surface area (Å²) in [6.45, 7) is -0.0576. The third-order valence-corrected chi connectivity index (χ3v) is 4.29. The molecule has 0 radical (unpaired) electrons. The van der Waals surface area contributed by atoms with Gasteiger partial charge in [-0.05, 0) is 30.3 Å². The molecule has 2 N–H and O–H groups in total. The number of anilines is 2. The molecule has 3 aromatic rings. The van der Waals surface area contributed by atoms with Gasteiger partial charge in [0.2, 0.25) is 0 Å². The lowest BCUT2D eigenvalue weighted by molar-refractivity contribution is -0.118. The average Bonchev–Trinajstić information content (AvgIpc) is 3.10. The van der Waals surface area contributed by atoms with Gasteiger partial charge in [-0.1, -0.05) is 6.07 Å². The molecule has 4 rings (SSSR count). The lowest BCUT2D eigenvalue weighted by atomic mass is 10.1. The lowest BCUT2D eigenvalue weighted by Crippen LogP contribution is -2.25. The summed E-state index contributed by atoms with van der Waals surface area (Å²) in [6, 6.07) is 10.4. The van der Waals surface area contributed by atoms with Crippen LogP contribution in [0.15, 0.2) is 48.0 Å². The number of amides is 2. The lowest BCUT2D eigenvalue weighted by Gasteiger charge is -2.18. The van der Waals surface area contributed by atoms with Crippen LogP contribution in [0.3, 0.4) is 0 Å². The van der Waals surface area contributed by atoms with Gasteiger partial charge in [-0.15, -0.1) is 11.3 Å². The first kappa shape index (κ1) is 15.3. The van der Waals surface area contributed by atoms with Crippen LogP contribution < -0.4 is 15.4 Å². The topological polar surface area (TPSA) is 93.2 Å². The Bertz CT molecular complexity index is 956. The van der Waals surface area contributed by atoms with Crippen LogP contribution in [0, 0.1) is 0 Å². The van der Waals surface area contributed by atoms with Gasteiger partial charge < -0.3 is 10.1 Å². The van der Waals surface area contributed by atoms with Crippen molar-refractivity contribution in [2.24, 2.45) is 0 Å². The Kier molecular flexibility index (Phi) is 3.87. The van der Waals surface area contributed by atoms with Gasteiger partial charge in [0.15, 0.2) is 11.7 Å². The van der Waals surface area contributed by atoms with Gasteiger partial charge >= 0.3 is 0 Å². The number of nitrogens with one attached hydrogen (secondary N) is 2. The van der Waals surface area contributed by atoms with Crippen LogP contribution in [0.25, 0.3) is 11.4 Å². The van der Waals surface area contributed by atoms with Gasteiger partial charge in [0.1, 0.15) is 11.4 Å². The fourth-order valence-corrected chi connectivity index (χ4v) is 3.05. The van der Waals surface area contributed by atoms with E-state index < -0.39 is 0 Å². The second kappa shape index (κ2) is 6.33. The quantitative estimate of drug-likeness (QED) is 0.756. The molecule has 7 nitrogen and oxygen atoms in total. The number of benzene rings is 1. The maximum absolute atomic E-state index is 12.4. The molecule has 1 aliphatic heterocycles. The first-order chi connectivity index (χ1) is 12.2. The van der Waals surface area contributed by atoms with Crippen molar-refractivity contribution >= 4 is 34.0 Å². The van der Waals surface area contributed by atoms with E-state index in [4.69, 9.17) is 4.74 Å². The van der Waals surface area contributed by atoms with Crippen LogP contribution in [-0.2, 0) is 4.79 Å². The highest BCUT2D eigenvalue weighted by atomic mass is 32.1. The van der Waals surface area contributed by atoms with E-state index >= 15 is 0 Å². The molecule has 8 heteroatoms. The predicted molar refractivity (Wildman–Crippen MR) is 93.9 cm³/mol. The highest BCUT2D eigenvalue weighted by Crippen LogP contribution is 2.29. The highest BCUT2D eigenvalue weighted by Gasteiger charge is 2.18. The normalized spacial score (nSPS) is 12.7. The molecule has 0 bridgehead atoms. The molecule has 124 valence electrons. The number of hydrogen-bond donors (Lipinski definition) is 2. The number of ether oxygens (including phenoxy) is 1. The fraction of sp³-hybridized carbons (Fsp3) is 0.0588. The average molecular weight is 352 g/mol. The second-order valence-electron chi connectivity index (χ2n) is 5.25. The smallest absolute Gasteiger partial charge is 0.262 e. The van der Waals surface area contributed by atoms with Crippen LogP contribution in [0.2, 0.25) is 0 Å². The van der Waals surface area contributed by atoms with Crippen molar-refractivity contribution < 1.29 is 14.3 Å². The number of hydrogen-bond acceptors (Lipinski definition) is 6. The first-order valence-electron chi connectivity index (χ1n) is 7.44. The van der Waals surface area contributed by atoms with E-state index in [0.29, 0.717) is 27.8 Å². The first-order valence-corrected chi connectivity index (χ1v) is 8.32. The summed E-state index contributed by atoms with van der Waals surface area (Å²) in [4.78, 5) is 32.3. The molecule has 2 aromatic heterocycles. The Labute approximate surface area is 146 Å². The molecular weight excluding hydrogens is 340 g/mol. The number of aromatic nitrogens is 2. The minimum atomic E-state index is -0.301. The molecule has 0 saturated carbocycles. The third-order valence-electron chi connectivity index (χ3n) is 3.53. The largest absolute Gasteiger partial charge is 0.482 e. The van der Waals surface area contributed by atoms with E-state index in [1.54, 1.807) is 24.4 Å². The van der Waals surface area contributed by atoms with Crippen molar-refractivity contribution in [2.45, 2.75) is 0 Å². The van der Waals surface area contributed by atoms with Crippen LogP contribution in [0.1, 0.15) is 10.4 Å². The van der Waals surface area contributed by atoms with Crippen molar-refractivity contribution in [1.82, 2.24) is 9.97 Å². The minimum absolute atomic E-state index is 0.0576. The summed E-state index contributed by atoms with van der Waals surface area (Å²) in [7, 11) is 0. The molecule has 1 aromatic carbocycles. The van der Waals surface area contributed by atoms with Crippen molar-refractivity contribution in [3.8, 4) is 17.1 Å². The van der Waals surface area contributed by atoms with Crippen molar-refractivity contribution in [3.05, 3.63) is 53.5 Å². The van der Waals surface area contributed by atoms with Crippen molar-refractivity contribution in [1.29, 1.82) is 0 Å². The number of pyridine rings is 1. The Morgan fingerprint density at radius 3 is 3.00 bits per heavy atom. The van der Waals surface area contributed by atoms with E-state index in [1.807, 2.05) is 23.6 Å².